The van der Waals surface area contributed by atoms with Gasteiger partial charge in [-0.25, -0.2) is 10.4 Å². The molecule has 3 heteroatoms. The maximum Gasteiger partial charge on any atom is 0.132 e. The summed E-state index contributed by atoms with van der Waals surface area (Å²) in [6, 6.07) is 16.4. The number of benzene rings is 2. The summed E-state index contributed by atoms with van der Waals surface area (Å²) in [5.74, 6) is 1.85. The minimum atomic E-state index is 0.140. The van der Waals surface area contributed by atoms with Crippen molar-refractivity contribution in [3.63, 3.8) is 0 Å². The fraction of sp³-hybridized carbons (Fsp3) is 0.200. The third-order valence-electron chi connectivity index (χ3n) is 3.07. The summed E-state index contributed by atoms with van der Waals surface area (Å²) < 4.78 is 5.93. The lowest BCUT2D eigenvalue weighted by molar-refractivity contribution is 0.251. The van der Waals surface area contributed by atoms with Crippen molar-refractivity contribution in [2.45, 2.75) is 6.04 Å². The zero-order valence-corrected chi connectivity index (χ0v) is 10.6. The molecule has 1 N–H and O–H groups in total. The van der Waals surface area contributed by atoms with Crippen molar-refractivity contribution in [3.8, 4) is 11.5 Å². The van der Waals surface area contributed by atoms with E-state index in [1.165, 1.54) is 11.1 Å². The van der Waals surface area contributed by atoms with Crippen LogP contribution in [0.4, 0.5) is 0 Å². The number of hydrogen-bond donors (Lipinski definition) is 1. The quantitative estimate of drug-likeness (QED) is 0.817. The second kappa shape index (κ2) is 4.44. The van der Waals surface area contributed by atoms with Crippen LogP contribution in [0.2, 0.25) is 0 Å². The van der Waals surface area contributed by atoms with Crippen LogP contribution in [-0.4, -0.2) is 19.1 Å². The molecule has 2 aromatic carbocycles. The first-order valence-corrected chi connectivity index (χ1v) is 6.05. The average Bonchev–Trinajstić information content (AvgIpc) is 2.38. The molecule has 1 aliphatic heterocycles. The molecule has 0 aliphatic carbocycles. The SMILES string of the molecule is CN(C)NC1c2ccccc2Oc2ccccc21. The van der Waals surface area contributed by atoms with Crippen molar-refractivity contribution in [1.29, 1.82) is 0 Å². The zero-order chi connectivity index (χ0) is 12.5. The normalized spacial score (nSPS) is 13.9. The van der Waals surface area contributed by atoms with Gasteiger partial charge >= 0.3 is 0 Å². The first-order valence-electron chi connectivity index (χ1n) is 6.05. The van der Waals surface area contributed by atoms with E-state index in [-0.39, 0.29) is 6.04 Å². The summed E-state index contributed by atoms with van der Waals surface area (Å²) in [5.41, 5.74) is 5.79. The highest BCUT2D eigenvalue weighted by atomic mass is 16.5. The molecular weight excluding hydrogens is 224 g/mol. The molecule has 0 saturated heterocycles. The van der Waals surface area contributed by atoms with Crippen LogP contribution in [0.15, 0.2) is 48.5 Å². The van der Waals surface area contributed by atoms with Crippen molar-refractivity contribution in [2.75, 3.05) is 14.1 Å². The Kier molecular flexibility index (Phi) is 2.78. The molecule has 0 aromatic heterocycles. The number of ether oxygens (including phenoxy) is 1. The van der Waals surface area contributed by atoms with E-state index >= 15 is 0 Å². The van der Waals surface area contributed by atoms with Gasteiger partial charge in [0, 0.05) is 25.2 Å². The smallest absolute Gasteiger partial charge is 0.132 e. The third-order valence-corrected chi connectivity index (χ3v) is 3.07. The Morgan fingerprint density at radius 2 is 1.39 bits per heavy atom. The topological polar surface area (TPSA) is 24.5 Å². The Labute approximate surface area is 107 Å². The predicted octanol–water partition coefficient (Wildman–Crippen LogP) is 2.95. The first-order chi connectivity index (χ1) is 8.75. The summed E-state index contributed by atoms with van der Waals surface area (Å²) >= 11 is 0. The van der Waals surface area contributed by atoms with E-state index in [1.54, 1.807) is 0 Å². The Morgan fingerprint density at radius 1 is 0.889 bits per heavy atom. The van der Waals surface area contributed by atoms with Crippen LogP contribution in [-0.2, 0) is 0 Å². The summed E-state index contributed by atoms with van der Waals surface area (Å²) in [5, 5.41) is 1.98. The molecular formula is C15H16N2O. The number of rotatable bonds is 2. The largest absolute Gasteiger partial charge is 0.457 e. The lowest BCUT2D eigenvalue weighted by Gasteiger charge is -2.30. The monoisotopic (exact) mass is 240 g/mol. The Balaban J connectivity index is 2.11. The molecule has 18 heavy (non-hydrogen) atoms. The van der Waals surface area contributed by atoms with Gasteiger partial charge in [0.25, 0.3) is 0 Å². The predicted molar refractivity (Wildman–Crippen MR) is 71.6 cm³/mol. The zero-order valence-electron chi connectivity index (χ0n) is 10.6. The number of hydrazine groups is 1. The van der Waals surface area contributed by atoms with Gasteiger partial charge in [0.2, 0.25) is 0 Å². The third kappa shape index (κ3) is 1.88. The van der Waals surface area contributed by atoms with Crippen LogP contribution in [0.3, 0.4) is 0 Å². The highest BCUT2D eigenvalue weighted by molar-refractivity contribution is 5.52. The van der Waals surface area contributed by atoms with E-state index < -0.39 is 0 Å². The average molecular weight is 240 g/mol. The van der Waals surface area contributed by atoms with Gasteiger partial charge in [0.1, 0.15) is 11.5 Å². The number of nitrogens with one attached hydrogen (secondary N) is 1. The number of para-hydroxylation sites is 2. The van der Waals surface area contributed by atoms with E-state index in [4.69, 9.17) is 4.74 Å². The number of fused-ring (bicyclic) bond motifs is 2. The van der Waals surface area contributed by atoms with E-state index in [9.17, 15) is 0 Å². The van der Waals surface area contributed by atoms with Crippen molar-refractivity contribution in [2.24, 2.45) is 0 Å². The molecule has 0 amide bonds. The molecule has 3 rings (SSSR count). The molecule has 0 bridgehead atoms. The fourth-order valence-electron chi connectivity index (χ4n) is 2.31. The van der Waals surface area contributed by atoms with E-state index in [2.05, 4.69) is 17.6 Å². The lowest BCUT2D eigenvalue weighted by atomic mass is 9.95. The highest BCUT2D eigenvalue weighted by Crippen LogP contribution is 2.42. The molecule has 0 fully saturated rings. The summed E-state index contributed by atoms with van der Waals surface area (Å²) in [6.45, 7) is 0. The molecule has 0 atom stereocenters. The van der Waals surface area contributed by atoms with E-state index in [1.807, 2.05) is 55.5 Å². The van der Waals surface area contributed by atoms with Gasteiger partial charge in [-0.1, -0.05) is 36.4 Å². The first kappa shape index (κ1) is 11.3. The maximum absolute atomic E-state index is 5.93. The van der Waals surface area contributed by atoms with Crippen molar-refractivity contribution < 1.29 is 4.74 Å². The van der Waals surface area contributed by atoms with Gasteiger partial charge < -0.3 is 4.74 Å². The van der Waals surface area contributed by atoms with Crippen LogP contribution in [0.25, 0.3) is 0 Å². The summed E-state index contributed by atoms with van der Waals surface area (Å²) in [7, 11) is 4.00. The van der Waals surface area contributed by atoms with Crippen molar-refractivity contribution >= 4 is 0 Å². The van der Waals surface area contributed by atoms with E-state index in [0.29, 0.717) is 0 Å². The number of nitrogens with zero attached hydrogens (tertiary/aromatic N) is 1. The van der Waals surface area contributed by atoms with Crippen LogP contribution in [0.5, 0.6) is 11.5 Å². The number of hydrogen-bond acceptors (Lipinski definition) is 3. The molecule has 0 saturated carbocycles. The Hall–Kier alpha value is -1.84. The molecule has 3 nitrogen and oxygen atoms in total. The summed E-state index contributed by atoms with van der Waals surface area (Å²) in [6.07, 6.45) is 0. The van der Waals surface area contributed by atoms with Gasteiger partial charge in [-0.2, -0.15) is 0 Å². The molecule has 92 valence electrons. The van der Waals surface area contributed by atoms with Gasteiger partial charge in [-0.05, 0) is 12.1 Å². The van der Waals surface area contributed by atoms with Crippen LogP contribution >= 0.6 is 0 Å². The fourth-order valence-corrected chi connectivity index (χ4v) is 2.31. The van der Waals surface area contributed by atoms with Gasteiger partial charge in [0.05, 0.1) is 6.04 Å². The van der Waals surface area contributed by atoms with Crippen LogP contribution < -0.4 is 10.2 Å². The standard InChI is InChI=1S/C15H16N2O/c1-17(2)16-15-11-7-3-5-9-13(11)18-14-10-6-4-8-12(14)15/h3-10,15-16H,1-2H3. The van der Waals surface area contributed by atoms with Gasteiger partial charge in [-0.3, -0.25) is 0 Å². The molecule has 0 unspecified atom stereocenters. The second-order valence-electron chi connectivity index (χ2n) is 4.63. The highest BCUT2D eigenvalue weighted by Gasteiger charge is 2.26. The van der Waals surface area contributed by atoms with E-state index in [0.717, 1.165) is 11.5 Å². The van der Waals surface area contributed by atoms with Gasteiger partial charge in [0.15, 0.2) is 0 Å². The van der Waals surface area contributed by atoms with Crippen LogP contribution in [0, 0.1) is 0 Å². The minimum Gasteiger partial charge on any atom is -0.457 e. The minimum absolute atomic E-state index is 0.140. The van der Waals surface area contributed by atoms with Crippen molar-refractivity contribution in [1.82, 2.24) is 10.4 Å². The molecule has 0 radical (unpaired) electrons. The second-order valence-corrected chi connectivity index (χ2v) is 4.63. The van der Waals surface area contributed by atoms with Crippen LogP contribution in [0.1, 0.15) is 17.2 Å². The maximum atomic E-state index is 5.93. The molecule has 1 heterocycles. The molecule has 0 spiro atoms. The Bertz CT molecular complexity index is 520. The summed E-state index contributed by atoms with van der Waals surface area (Å²) in [4.78, 5) is 0. The lowest BCUT2D eigenvalue weighted by Crippen LogP contribution is -2.36. The molecule has 1 aliphatic rings. The Morgan fingerprint density at radius 3 is 1.89 bits per heavy atom. The molecule has 2 aromatic rings. The van der Waals surface area contributed by atoms with Crippen molar-refractivity contribution in [3.05, 3.63) is 59.7 Å². The van der Waals surface area contributed by atoms with Gasteiger partial charge in [-0.15, -0.1) is 0 Å².